The second-order valence-corrected chi connectivity index (χ2v) is 2.88. The molecule has 0 saturated carbocycles. The van der Waals surface area contributed by atoms with Gasteiger partial charge in [0, 0.05) is 18.6 Å². The van der Waals surface area contributed by atoms with E-state index in [9.17, 15) is 4.79 Å². The van der Waals surface area contributed by atoms with E-state index in [0.29, 0.717) is 6.61 Å². The molecule has 0 bridgehead atoms. The molecule has 1 rings (SSSR count). The van der Waals surface area contributed by atoms with Gasteiger partial charge in [-0.2, -0.15) is 0 Å². The fourth-order valence-electron chi connectivity index (χ4n) is 0.974. The lowest BCUT2D eigenvalue weighted by atomic mass is 10.2. The highest BCUT2D eigenvalue weighted by atomic mass is 16.5. The van der Waals surface area contributed by atoms with Crippen LogP contribution in [0, 0.1) is 6.92 Å². The van der Waals surface area contributed by atoms with Gasteiger partial charge in [0.25, 0.3) is 0 Å². The Morgan fingerprint density at radius 1 is 1.53 bits per heavy atom. The smallest absolute Gasteiger partial charge is 0.343 e. The lowest BCUT2D eigenvalue weighted by Gasteiger charge is -2.04. The highest BCUT2D eigenvalue weighted by Crippen LogP contribution is 2.09. The molecule has 80 valence electrons. The summed E-state index contributed by atoms with van der Waals surface area (Å²) in [6.07, 6.45) is 4.39. The number of nitrogens with two attached hydrogens (primary N) is 1. The zero-order chi connectivity index (χ0) is 11.3. The molecule has 0 aliphatic rings. The van der Waals surface area contributed by atoms with Gasteiger partial charge in [0.05, 0.1) is 6.61 Å². The van der Waals surface area contributed by atoms with Crippen LogP contribution in [0.4, 0.5) is 0 Å². The molecule has 0 spiro atoms. The summed E-state index contributed by atoms with van der Waals surface area (Å²) in [4.78, 5) is 19.4. The highest BCUT2D eigenvalue weighted by Gasteiger charge is 2.14. The summed E-state index contributed by atoms with van der Waals surface area (Å²) < 4.78 is 4.81. The monoisotopic (exact) mass is 207 g/mol. The van der Waals surface area contributed by atoms with Crippen molar-refractivity contribution in [1.82, 2.24) is 9.97 Å². The number of esters is 1. The molecule has 0 amide bonds. The third-order valence-electron chi connectivity index (χ3n) is 1.68. The quantitative estimate of drug-likeness (QED) is 0.581. The number of carbonyl (C=O) groups excluding carboxylic acids is 1. The molecular formula is C10H13N3O2. The summed E-state index contributed by atoms with van der Waals surface area (Å²) in [7, 11) is 0. The van der Waals surface area contributed by atoms with Gasteiger partial charge in [0.1, 0.15) is 5.57 Å². The van der Waals surface area contributed by atoms with Crippen molar-refractivity contribution in [2.45, 2.75) is 13.8 Å². The predicted octanol–water partition coefficient (Wildman–Crippen LogP) is 0.648. The summed E-state index contributed by atoms with van der Waals surface area (Å²) in [5.74, 6) is -0.231. The van der Waals surface area contributed by atoms with Gasteiger partial charge in [-0.25, -0.2) is 14.8 Å². The Balaban J connectivity index is 2.94. The van der Waals surface area contributed by atoms with Gasteiger partial charge in [-0.3, -0.25) is 0 Å². The highest BCUT2D eigenvalue weighted by molar-refractivity contribution is 6.15. The van der Waals surface area contributed by atoms with Crippen molar-refractivity contribution in [2.75, 3.05) is 6.61 Å². The SMILES string of the molecule is CCOC(=O)/C(=C/N)c1ncc(C)cn1. The molecule has 0 fully saturated rings. The molecule has 15 heavy (non-hydrogen) atoms. The Kier molecular flexibility index (Phi) is 3.79. The minimum absolute atomic E-state index is 0.178. The molecule has 0 unspecified atom stereocenters. The van der Waals surface area contributed by atoms with E-state index in [2.05, 4.69) is 9.97 Å². The molecule has 1 aromatic rings. The lowest BCUT2D eigenvalue weighted by Crippen LogP contribution is -2.11. The van der Waals surface area contributed by atoms with Crippen LogP contribution >= 0.6 is 0 Å². The second-order valence-electron chi connectivity index (χ2n) is 2.88. The minimum Gasteiger partial charge on any atom is -0.462 e. The van der Waals surface area contributed by atoms with E-state index in [1.807, 2.05) is 6.92 Å². The Morgan fingerprint density at radius 3 is 2.60 bits per heavy atom. The van der Waals surface area contributed by atoms with Crippen molar-refractivity contribution in [3.63, 3.8) is 0 Å². The number of aromatic nitrogens is 2. The Labute approximate surface area is 88.0 Å². The Morgan fingerprint density at radius 2 is 2.13 bits per heavy atom. The number of hydrogen-bond donors (Lipinski definition) is 1. The van der Waals surface area contributed by atoms with E-state index in [1.165, 1.54) is 0 Å². The van der Waals surface area contributed by atoms with E-state index < -0.39 is 5.97 Å². The number of aryl methyl sites for hydroxylation is 1. The van der Waals surface area contributed by atoms with Gasteiger partial charge in [0.2, 0.25) is 0 Å². The standard InChI is InChI=1S/C10H13N3O2/c1-3-15-10(14)8(4-11)9-12-5-7(2)6-13-9/h4-6H,3,11H2,1-2H3/b8-4+. The average molecular weight is 207 g/mol. The first-order valence-electron chi connectivity index (χ1n) is 4.57. The van der Waals surface area contributed by atoms with Crippen molar-refractivity contribution in [3.8, 4) is 0 Å². The molecular weight excluding hydrogens is 194 g/mol. The number of nitrogens with zero attached hydrogens (tertiary/aromatic N) is 2. The predicted molar refractivity (Wildman–Crippen MR) is 55.6 cm³/mol. The largest absolute Gasteiger partial charge is 0.462 e. The van der Waals surface area contributed by atoms with Gasteiger partial charge >= 0.3 is 5.97 Å². The second kappa shape index (κ2) is 5.09. The molecule has 5 nitrogen and oxygen atoms in total. The Bertz CT molecular complexity index is 371. The average Bonchev–Trinajstić information content (AvgIpc) is 2.22. The van der Waals surface area contributed by atoms with Crippen LogP contribution in [0.5, 0.6) is 0 Å². The normalized spacial score (nSPS) is 11.2. The number of carbonyl (C=O) groups is 1. The zero-order valence-corrected chi connectivity index (χ0v) is 8.73. The molecule has 5 heteroatoms. The fraction of sp³-hybridized carbons (Fsp3) is 0.300. The van der Waals surface area contributed by atoms with Crippen molar-refractivity contribution >= 4 is 11.5 Å². The van der Waals surface area contributed by atoms with Gasteiger partial charge in [-0.15, -0.1) is 0 Å². The fourth-order valence-corrected chi connectivity index (χ4v) is 0.974. The van der Waals surface area contributed by atoms with Crippen LogP contribution in [0.25, 0.3) is 5.57 Å². The first-order valence-corrected chi connectivity index (χ1v) is 4.57. The van der Waals surface area contributed by atoms with Crippen LogP contribution in [-0.2, 0) is 9.53 Å². The number of hydrogen-bond acceptors (Lipinski definition) is 5. The third-order valence-corrected chi connectivity index (χ3v) is 1.68. The maximum absolute atomic E-state index is 11.4. The summed E-state index contributed by atoms with van der Waals surface area (Å²) in [6.45, 7) is 3.88. The van der Waals surface area contributed by atoms with Crippen LogP contribution in [0.3, 0.4) is 0 Å². The molecule has 0 aromatic carbocycles. The first kappa shape index (κ1) is 11.2. The van der Waals surface area contributed by atoms with Gasteiger partial charge < -0.3 is 10.5 Å². The van der Waals surface area contributed by atoms with Gasteiger partial charge in [-0.05, 0) is 19.4 Å². The Hall–Kier alpha value is -1.91. The molecule has 2 N–H and O–H groups in total. The summed E-state index contributed by atoms with van der Waals surface area (Å²) in [5, 5.41) is 0. The van der Waals surface area contributed by atoms with Crippen molar-refractivity contribution in [2.24, 2.45) is 5.73 Å². The van der Waals surface area contributed by atoms with Crippen LogP contribution in [-0.4, -0.2) is 22.5 Å². The van der Waals surface area contributed by atoms with Gasteiger partial charge in [-0.1, -0.05) is 0 Å². The summed E-state index contributed by atoms with van der Waals surface area (Å²) >= 11 is 0. The van der Waals surface area contributed by atoms with Crippen molar-refractivity contribution in [1.29, 1.82) is 0 Å². The molecule has 0 saturated heterocycles. The van der Waals surface area contributed by atoms with Crippen molar-refractivity contribution in [3.05, 3.63) is 30.0 Å². The van der Waals surface area contributed by atoms with E-state index in [4.69, 9.17) is 10.5 Å². The zero-order valence-electron chi connectivity index (χ0n) is 8.73. The van der Waals surface area contributed by atoms with E-state index in [1.54, 1.807) is 19.3 Å². The molecule has 1 aromatic heterocycles. The number of ether oxygens (including phenoxy) is 1. The first-order chi connectivity index (χ1) is 7.19. The van der Waals surface area contributed by atoms with Crippen molar-refractivity contribution < 1.29 is 9.53 Å². The number of rotatable bonds is 3. The van der Waals surface area contributed by atoms with Gasteiger partial charge in [0.15, 0.2) is 5.82 Å². The molecule has 1 heterocycles. The maximum atomic E-state index is 11.4. The van der Waals surface area contributed by atoms with Crippen LogP contribution in [0.1, 0.15) is 18.3 Å². The third kappa shape index (κ3) is 2.77. The molecule has 0 atom stereocenters. The van der Waals surface area contributed by atoms with E-state index in [-0.39, 0.29) is 11.4 Å². The minimum atomic E-state index is -0.510. The topological polar surface area (TPSA) is 78.1 Å². The molecule has 0 aliphatic carbocycles. The summed E-state index contributed by atoms with van der Waals surface area (Å²) in [6, 6.07) is 0. The molecule has 0 radical (unpaired) electrons. The summed E-state index contributed by atoms with van der Waals surface area (Å²) in [5.41, 5.74) is 6.42. The van der Waals surface area contributed by atoms with Crippen LogP contribution in [0.2, 0.25) is 0 Å². The van der Waals surface area contributed by atoms with Crippen LogP contribution < -0.4 is 5.73 Å². The lowest BCUT2D eigenvalue weighted by molar-refractivity contribution is -0.136. The molecule has 0 aliphatic heterocycles. The van der Waals surface area contributed by atoms with Crippen LogP contribution in [0.15, 0.2) is 18.6 Å². The van der Waals surface area contributed by atoms with E-state index >= 15 is 0 Å². The van der Waals surface area contributed by atoms with E-state index in [0.717, 1.165) is 11.8 Å². The maximum Gasteiger partial charge on any atom is 0.343 e.